The minimum Gasteiger partial charge on any atom is -0.495 e. The fourth-order valence-electron chi connectivity index (χ4n) is 3.64. The van der Waals surface area contributed by atoms with Gasteiger partial charge in [0.1, 0.15) is 16.6 Å². The van der Waals surface area contributed by atoms with Gasteiger partial charge in [0.2, 0.25) is 11.8 Å². The van der Waals surface area contributed by atoms with E-state index in [9.17, 15) is 9.59 Å². The Kier molecular flexibility index (Phi) is 7.67. The molecule has 2 heterocycles. The van der Waals surface area contributed by atoms with E-state index in [2.05, 4.69) is 10.2 Å². The van der Waals surface area contributed by atoms with E-state index in [1.54, 1.807) is 18.9 Å². The Bertz CT molecular complexity index is 897. The van der Waals surface area contributed by atoms with Crippen molar-refractivity contribution in [3.8, 4) is 5.75 Å². The first-order valence-electron chi connectivity index (χ1n) is 10.2. The van der Waals surface area contributed by atoms with Crippen molar-refractivity contribution in [2.75, 3.05) is 51.3 Å². The fourth-order valence-corrected chi connectivity index (χ4v) is 4.00. The van der Waals surface area contributed by atoms with Crippen molar-refractivity contribution in [1.82, 2.24) is 15.1 Å². The lowest BCUT2D eigenvalue weighted by molar-refractivity contribution is -0.130. The second-order valence-corrected chi connectivity index (χ2v) is 8.26. The van der Waals surface area contributed by atoms with Crippen molar-refractivity contribution in [3.05, 3.63) is 34.0 Å². The summed E-state index contributed by atoms with van der Waals surface area (Å²) in [6.45, 7) is 4.89. The van der Waals surface area contributed by atoms with Crippen molar-refractivity contribution < 1.29 is 14.3 Å². The molecule has 0 aromatic heterocycles. The SMILES string of the molecule is COc1cc(N2CCN(C(=O)CN/C(C)=C(/Cl)C(=N)N3CCCC3=O)CC2)ccc1Cl. The van der Waals surface area contributed by atoms with E-state index in [0.29, 0.717) is 55.6 Å². The smallest absolute Gasteiger partial charge is 0.241 e. The van der Waals surface area contributed by atoms with E-state index < -0.39 is 0 Å². The number of halogens is 2. The molecule has 0 bridgehead atoms. The zero-order valence-corrected chi connectivity index (χ0v) is 19.2. The van der Waals surface area contributed by atoms with Gasteiger partial charge in [0.25, 0.3) is 0 Å². The summed E-state index contributed by atoms with van der Waals surface area (Å²) in [5, 5.41) is 11.9. The molecule has 0 saturated carbocycles. The van der Waals surface area contributed by atoms with Crippen LogP contribution in [0.25, 0.3) is 0 Å². The first-order valence-corrected chi connectivity index (χ1v) is 10.9. The van der Waals surface area contributed by atoms with Crippen molar-refractivity contribution in [2.45, 2.75) is 19.8 Å². The summed E-state index contributed by atoms with van der Waals surface area (Å²) in [6.07, 6.45) is 1.16. The third-order valence-corrected chi connectivity index (χ3v) is 6.29. The van der Waals surface area contributed by atoms with Gasteiger partial charge >= 0.3 is 0 Å². The summed E-state index contributed by atoms with van der Waals surface area (Å²) in [4.78, 5) is 29.8. The molecule has 2 saturated heterocycles. The molecule has 2 aliphatic rings. The zero-order valence-electron chi connectivity index (χ0n) is 17.7. The number of carbonyl (C=O) groups excluding carboxylic acids is 2. The van der Waals surface area contributed by atoms with Crippen LogP contribution in [0.2, 0.25) is 5.02 Å². The van der Waals surface area contributed by atoms with Gasteiger partial charge in [-0.25, -0.2) is 0 Å². The number of rotatable bonds is 6. The maximum Gasteiger partial charge on any atom is 0.241 e. The van der Waals surface area contributed by atoms with Crippen LogP contribution in [-0.4, -0.2) is 73.8 Å². The topological polar surface area (TPSA) is 89.0 Å². The molecule has 3 rings (SSSR count). The highest BCUT2D eigenvalue weighted by atomic mass is 35.5. The molecule has 2 N–H and O–H groups in total. The van der Waals surface area contributed by atoms with Crippen LogP contribution in [0.3, 0.4) is 0 Å². The van der Waals surface area contributed by atoms with Gasteiger partial charge in [-0.2, -0.15) is 0 Å². The lowest BCUT2D eigenvalue weighted by Gasteiger charge is -2.36. The maximum atomic E-state index is 12.6. The summed E-state index contributed by atoms with van der Waals surface area (Å²) < 4.78 is 5.28. The van der Waals surface area contributed by atoms with Crippen molar-refractivity contribution in [3.63, 3.8) is 0 Å². The monoisotopic (exact) mass is 467 g/mol. The Balaban J connectivity index is 1.50. The number of nitrogens with zero attached hydrogens (tertiary/aromatic N) is 3. The number of amides is 2. The number of nitrogens with one attached hydrogen (secondary N) is 2. The molecule has 0 spiro atoms. The predicted molar refractivity (Wildman–Crippen MR) is 122 cm³/mol. The summed E-state index contributed by atoms with van der Waals surface area (Å²) in [7, 11) is 1.59. The normalized spacial score (nSPS) is 17.5. The quantitative estimate of drug-likeness (QED) is 0.495. The van der Waals surface area contributed by atoms with Crippen LogP contribution in [0.1, 0.15) is 19.8 Å². The van der Waals surface area contributed by atoms with E-state index in [1.165, 1.54) is 4.90 Å². The van der Waals surface area contributed by atoms with E-state index >= 15 is 0 Å². The summed E-state index contributed by atoms with van der Waals surface area (Å²) >= 11 is 12.4. The van der Waals surface area contributed by atoms with E-state index in [0.717, 1.165) is 12.1 Å². The van der Waals surface area contributed by atoms with Gasteiger partial charge in [0.15, 0.2) is 0 Å². The summed E-state index contributed by atoms with van der Waals surface area (Å²) in [6, 6.07) is 5.65. The number of allylic oxidation sites excluding steroid dienone is 1. The highest BCUT2D eigenvalue weighted by molar-refractivity contribution is 6.43. The number of carbonyl (C=O) groups is 2. The van der Waals surface area contributed by atoms with Crippen LogP contribution < -0.4 is 15.0 Å². The molecule has 2 fully saturated rings. The molecule has 0 radical (unpaired) electrons. The molecule has 0 atom stereocenters. The molecule has 31 heavy (non-hydrogen) atoms. The molecular formula is C21H27Cl2N5O3. The largest absolute Gasteiger partial charge is 0.495 e. The van der Waals surface area contributed by atoms with Gasteiger partial charge in [-0.1, -0.05) is 23.2 Å². The Labute approximate surface area is 192 Å². The lowest BCUT2D eigenvalue weighted by Crippen LogP contribution is -2.50. The lowest BCUT2D eigenvalue weighted by atomic mass is 10.2. The van der Waals surface area contributed by atoms with Crippen molar-refractivity contribution in [2.24, 2.45) is 0 Å². The average molecular weight is 468 g/mol. The van der Waals surface area contributed by atoms with Crippen LogP contribution in [-0.2, 0) is 9.59 Å². The summed E-state index contributed by atoms with van der Waals surface area (Å²) in [5.41, 5.74) is 1.51. The molecular weight excluding hydrogens is 441 g/mol. The van der Waals surface area contributed by atoms with E-state index in [-0.39, 0.29) is 29.2 Å². The number of anilines is 1. The Morgan fingerprint density at radius 2 is 1.94 bits per heavy atom. The molecule has 1 aromatic rings. The third kappa shape index (κ3) is 5.43. The van der Waals surface area contributed by atoms with Crippen molar-refractivity contribution in [1.29, 1.82) is 5.41 Å². The number of methoxy groups -OCH3 is 1. The van der Waals surface area contributed by atoms with Gasteiger partial charge in [0.05, 0.1) is 18.7 Å². The number of benzene rings is 1. The van der Waals surface area contributed by atoms with Gasteiger partial charge in [0, 0.05) is 56.6 Å². The molecule has 1 aromatic carbocycles. The number of likely N-dealkylation sites (tertiary alicyclic amines) is 1. The number of piperazine rings is 1. The number of hydrogen-bond donors (Lipinski definition) is 2. The minimum absolute atomic E-state index is 0.0198. The molecule has 168 valence electrons. The zero-order chi connectivity index (χ0) is 22.5. The second-order valence-electron chi connectivity index (χ2n) is 7.48. The highest BCUT2D eigenvalue weighted by Gasteiger charge is 2.27. The van der Waals surface area contributed by atoms with E-state index in [1.807, 2.05) is 18.2 Å². The van der Waals surface area contributed by atoms with Crippen LogP contribution in [0.4, 0.5) is 5.69 Å². The Morgan fingerprint density at radius 1 is 1.23 bits per heavy atom. The first kappa shape index (κ1) is 23.2. The van der Waals surface area contributed by atoms with Gasteiger partial charge in [-0.05, 0) is 25.5 Å². The standard InChI is InChI=1S/C21H27Cl2N5O3/c1-14(20(23)21(24)28-7-3-4-18(28)29)25-13-19(30)27-10-8-26(9-11-27)15-5-6-16(22)17(12-15)31-2/h5-6,12,24-25H,3-4,7-11,13H2,1-2H3/b20-14+,24-21?. The Morgan fingerprint density at radius 3 is 2.55 bits per heavy atom. The van der Waals surface area contributed by atoms with Crippen molar-refractivity contribution >= 4 is 46.5 Å². The van der Waals surface area contributed by atoms with Crippen LogP contribution >= 0.6 is 23.2 Å². The molecule has 2 amide bonds. The predicted octanol–water partition coefficient (Wildman–Crippen LogP) is 2.66. The van der Waals surface area contributed by atoms with Gasteiger partial charge < -0.3 is 19.9 Å². The fraction of sp³-hybridized carbons (Fsp3) is 0.476. The van der Waals surface area contributed by atoms with E-state index in [4.69, 9.17) is 33.3 Å². The van der Waals surface area contributed by atoms with Gasteiger partial charge in [-0.3, -0.25) is 19.9 Å². The number of hydrogen-bond acceptors (Lipinski definition) is 6. The molecule has 8 nitrogen and oxygen atoms in total. The molecule has 0 aliphatic carbocycles. The molecule has 2 aliphatic heterocycles. The molecule has 0 unspecified atom stereocenters. The van der Waals surface area contributed by atoms with Gasteiger partial charge in [-0.15, -0.1) is 0 Å². The Hall–Kier alpha value is -2.45. The first-order chi connectivity index (χ1) is 14.8. The average Bonchev–Trinajstić information content (AvgIpc) is 3.22. The molecule has 10 heteroatoms. The summed E-state index contributed by atoms with van der Waals surface area (Å²) in [5.74, 6) is 0.472. The van der Waals surface area contributed by atoms with Crippen LogP contribution in [0, 0.1) is 5.41 Å². The number of amidine groups is 1. The minimum atomic E-state index is -0.0943. The maximum absolute atomic E-state index is 12.6. The van der Waals surface area contributed by atoms with Crippen LogP contribution in [0.15, 0.2) is 28.9 Å². The second kappa shape index (κ2) is 10.2. The third-order valence-electron chi connectivity index (χ3n) is 5.52. The number of ether oxygens (including phenoxy) is 1. The highest BCUT2D eigenvalue weighted by Crippen LogP contribution is 2.29. The van der Waals surface area contributed by atoms with Crippen LogP contribution in [0.5, 0.6) is 5.75 Å².